The minimum Gasteiger partial charge on any atom is -0.443 e. The van der Waals surface area contributed by atoms with Gasteiger partial charge in [-0.3, -0.25) is 14.5 Å². The number of fused-ring (bicyclic) bond motifs is 1. The van der Waals surface area contributed by atoms with Crippen LogP contribution in [0.5, 0.6) is 0 Å². The van der Waals surface area contributed by atoms with E-state index >= 15 is 0 Å². The van der Waals surface area contributed by atoms with Gasteiger partial charge in [0.1, 0.15) is 34.7 Å². The molecule has 0 aromatic carbocycles. The number of halogens is 1. The van der Waals surface area contributed by atoms with Crippen molar-refractivity contribution in [2.45, 2.75) is 70.0 Å². The number of carbonyl (C=O) groups excluding carboxylic acids is 2. The Morgan fingerprint density at radius 1 is 1.29 bits per heavy atom. The highest BCUT2D eigenvalue weighted by Gasteiger charge is 2.40. The van der Waals surface area contributed by atoms with Crippen molar-refractivity contribution in [2.75, 3.05) is 17.3 Å². The van der Waals surface area contributed by atoms with Gasteiger partial charge >= 0.3 is 6.09 Å². The second kappa shape index (κ2) is 9.39. The number of nitrogens with one attached hydrogen (secondary N) is 2. The summed E-state index contributed by atoms with van der Waals surface area (Å²) in [6.07, 6.45) is 2.05. The smallest absolute Gasteiger partial charge is 0.415 e. The largest absolute Gasteiger partial charge is 0.443 e. The quantitative estimate of drug-likeness (QED) is 0.444. The molecule has 4 atom stereocenters. The Morgan fingerprint density at radius 3 is 2.63 bits per heavy atom. The van der Waals surface area contributed by atoms with Crippen LogP contribution in [0.1, 0.15) is 56.4 Å². The lowest BCUT2D eigenvalue weighted by molar-refractivity contribution is 0.0448. The fourth-order valence-electron chi connectivity index (χ4n) is 4.18. The number of hydrogen-bond acceptors (Lipinski definition) is 8. The van der Waals surface area contributed by atoms with Crippen LogP contribution in [0.2, 0.25) is 0 Å². The second-order valence-corrected chi connectivity index (χ2v) is 10.6. The Balaban J connectivity index is 1.55. The molecule has 0 bridgehead atoms. The van der Waals surface area contributed by atoms with Crippen molar-refractivity contribution in [1.29, 1.82) is 0 Å². The van der Waals surface area contributed by atoms with Gasteiger partial charge in [0.2, 0.25) is 0 Å². The van der Waals surface area contributed by atoms with E-state index in [1.54, 1.807) is 32.9 Å². The number of aliphatic hydroxyl groups is 1. The van der Waals surface area contributed by atoms with E-state index in [1.165, 1.54) is 39.5 Å². The molecule has 12 nitrogen and oxygen atoms in total. The van der Waals surface area contributed by atoms with Crippen LogP contribution in [-0.4, -0.2) is 67.2 Å². The van der Waals surface area contributed by atoms with Gasteiger partial charge in [-0.2, -0.15) is 9.61 Å². The Kier molecular flexibility index (Phi) is 6.33. The Labute approximate surface area is 217 Å². The lowest BCUT2D eigenvalue weighted by Crippen LogP contribution is -2.50. The second-order valence-electron chi connectivity index (χ2n) is 10.6. The Morgan fingerprint density at radius 2 is 2.03 bits per heavy atom. The molecule has 0 saturated heterocycles. The minimum atomic E-state index is -1.06. The van der Waals surface area contributed by atoms with Crippen molar-refractivity contribution in [3.05, 3.63) is 46.5 Å². The van der Waals surface area contributed by atoms with Gasteiger partial charge in [0.25, 0.3) is 11.5 Å². The fourth-order valence-corrected chi connectivity index (χ4v) is 4.18. The highest BCUT2D eigenvalue weighted by atomic mass is 19.1. The standard InChI is InChI=1S/C25H30FN7O5/c1-25(2,3)38-24(37)31(4)20-11-19(28-16-6-5-9-32(23(16)36)17-10-14(17)26)30-21-13(12-27-33(20)21)22(35)29-15-7-8-18(15)34/h5-6,9,11-12,14-15,17-18,34H,7-8,10H2,1-4H3,(H,28,30)(H,29,35)/t14-,15+,17-,18-/m0/s1. The van der Waals surface area contributed by atoms with Crippen LogP contribution >= 0.6 is 0 Å². The summed E-state index contributed by atoms with van der Waals surface area (Å²) in [6, 6.07) is 3.79. The normalized spacial score (nSPS) is 22.5. The van der Waals surface area contributed by atoms with E-state index in [2.05, 4.69) is 20.7 Å². The number of alkyl halides is 1. The molecule has 0 unspecified atom stereocenters. The molecule has 2 aliphatic carbocycles. The summed E-state index contributed by atoms with van der Waals surface area (Å²) in [5.41, 5.74) is -0.794. The number of pyridine rings is 1. The van der Waals surface area contributed by atoms with E-state index in [0.717, 1.165) is 0 Å². The molecular weight excluding hydrogens is 497 g/mol. The Hall–Kier alpha value is -4.00. The van der Waals surface area contributed by atoms with Crippen molar-refractivity contribution in [3.8, 4) is 0 Å². The molecule has 2 aliphatic rings. The number of ether oxygens (including phenoxy) is 1. The van der Waals surface area contributed by atoms with Crippen molar-refractivity contribution in [2.24, 2.45) is 0 Å². The summed E-state index contributed by atoms with van der Waals surface area (Å²) in [7, 11) is 1.49. The highest BCUT2D eigenvalue weighted by molar-refractivity contribution is 6.00. The summed E-state index contributed by atoms with van der Waals surface area (Å²) in [4.78, 5) is 44.6. The van der Waals surface area contributed by atoms with Crippen LogP contribution in [-0.2, 0) is 4.74 Å². The monoisotopic (exact) mass is 527 g/mol. The van der Waals surface area contributed by atoms with E-state index in [0.29, 0.717) is 12.8 Å². The maximum absolute atomic E-state index is 13.6. The molecule has 2 fully saturated rings. The summed E-state index contributed by atoms with van der Waals surface area (Å²) in [5, 5.41) is 19.9. The first kappa shape index (κ1) is 25.6. The number of rotatable bonds is 6. The van der Waals surface area contributed by atoms with Crippen molar-refractivity contribution < 1.29 is 23.8 Å². The predicted octanol–water partition coefficient (Wildman–Crippen LogP) is 2.54. The van der Waals surface area contributed by atoms with Crippen molar-refractivity contribution in [3.63, 3.8) is 0 Å². The average Bonchev–Trinajstić information content (AvgIpc) is 3.41. The molecule has 202 valence electrons. The number of aliphatic hydroxyl groups excluding tert-OH is 1. The van der Waals surface area contributed by atoms with E-state index in [1.807, 2.05) is 0 Å². The van der Waals surface area contributed by atoms with Crippen LogP contribution in [0.3, 0.4) is 0 Å². The summed E-state index contributed by atoms with van der Waals surface area (Å²) >= 11 is 0. The van der Waals surface area contributed by atoms with Gasteiger partial charge in [-0.25, -0.2) is 14.2 Å². The molecule has 2 saturated carbocycles. The summed E-state index contributed by atoms with van der Waals surface area (Å²) < 4.78 is 21.8. The van der Waals surface area contributed by atoms with Crippen LogP contribution in [0.25, 0.3) is 5.65 Å². The van der Waals surface area contributed by atoms with Gasteiger partial charge in [0.15, 0.2) is 5.65 Å². The van der Waals surface area contributed by atoms with Crippen LogP contribution in [0.15, 0.2) is 35.4 Å². The lowest BCUT2D eigenvalue weighted by Gasteiger charge is -2.32. The number of carbonyl (C=O) groups is 2. The van der Waals surface area contributed by atoms with Crippen LogP contribution in [0.4, 0.5) is 26.5 Å². The van der Waals surface area contributed by atoms with E-state index in [-0.39, 0.29) is 41.0 Å². The molecule has 3 aromatic rings. The molecule has 13 heteroatoms. The third-order valence-corrected chi connectivity index (χ3v) is 6.54. The molecule has 3 N–H and O–H groups in total. The summed E-state index contributed by atoms with van der Waals surface area (Å²) in [6.45, 7) is 5.21. The van der Waals surface area contributed by atoms with E-state index in [4.69, 9.17) is 4.74 Å². The van der Waals surface area contributed by atoms with Crippen molar-refractivity contribution >= 4 is 35.0 Å². The molecular formula is C25H30FN7O5. The first-order chi connectivity index (χ1) is 17.9. The zero-order valence-electron chi connectivity index (χ0n) is 21.5. The van der Waals surface area contributed by atoms with Gasteiger partial charge in [-0.1, -0.05) is 0 Å². The molecule has 5 rings (SSSR count). The third-order valence-electron chi connectivity index (χ3n) is 6.54. The number of aromatic nitrogens is 4. The molecule has 0 spiro atoms. The van der Waals surface area contributed by atoms with Gasteiger partial charge < -0.3 is 25.0 Å². The highest BCUT2D eigenvalue weighted by Crippen LogP contribution is 2.38. The van der Waals surface area contributed by atoms with Gasteiger partial charge in [0.05, 0.1) is 24.4 Å². The summed E-state index contributed by atoms with van der Waals surface area (Å²) in [5.74, 6) is -0.107. The van der Waals surface area contributed by atoms with E-state index in [9.17, 15) is 23.9 Å². The lowest BCUT2D eigenvalue weighted by atomic mass is 9.89. The number of anilines is 3. The Bertz CT molecular complexity index is 1460. The average molecular weight is 528 g/mol. The van der Waals surface area contributed by atoms with Gasteiger partial charge in [-0.05, 0) is 45.7 Å². The first-order valence-corrected chi connectivity index (χ1v) is 12.4. The van der Waals surface area contributed by atoms with Gasteiger partial charge in [0, 0.05) is 25.7 Å². The molecule has 0 aliphatic heterocycles. The van der Waals surface area contributed by atoms with Crippen LogP contribution < -0.4 is 21.1 Å². The third kappa shape index (κ3) is 4.93. The topological polar surface area (TPSA) is 143 Å². The molecule has 3 aromatic heterocycles. The van der Waals surface area contributed by atoms with E-state index < -0.39 is 41.5 Å². The number of amides is 2. The molecule has 0 radical (unpaired) electrons. The number of hydrogen-bond donors (Lipinski definition) is 3. The fraction of sp³-hybridized carbons (Fsp3) is 0.480. The van der Waals surface area contributed by atoms with Gasteiger partial charge in [-0.15, -0.1) is 0 Å². The zero-order chi connectivity index (χ0) is 27.4. The first-order valence-electron chi connectivity index (χ1n) is 12.4. The van der Waals surface area contributed by atoms with Crippen molar-refractivity contribution in [1.82, 2.24) is 24.5 Å². The predicted molar refractivity (Wildman–Crippen MR) is 137 cm³/mol. The maximum atomic E-state index is 13.6. The molecule has 2 amide bonds. The maximum Gasteiger partial charge on any atom is 0.415 e. The van der Waals surface area contributed by atoms with Crippen LogP contribution in [0, 0.1) is 0 Å². The molecule has 3 heterocycles. The zero-order valence-corrected chi connectivity index (χ0v) is 21.5. The number of nitrogens with zero attached hydrogens (tertiary/aromatic N) is 5. The SMILES string of the molecule is CN(C(=O)OC(C)(C)C)c1cc(Nc2cccn([C@H]3C[C@@H]3F)c2=O)nc2c(C(=O)N[C@@H]3CC[C@@H]3O)cnn12. The molecule has 38 heavy (non-hydrogen) atoms. The minimum absolute atomic E-state index is 0.119.